The van der Waals surface area contributed by atoms with E-state index in [1.807, 2.05) is 44.7 Å². The number of likely N-dealkylation sites (tertiary alicyclic amines) is 2. The van der Waals surface area contributed by atoms with E-state index in [9.17, 15) is 19.2 Å². The molecule has 0 radical (unpaired) electrons. The number of benzene rings is 1. The van der Waals surface area contributed by atoms with Gasteiger partial charge in [0.25, 0.3) is 0 Å². The molecule has 0 saturated carbocycles. The third-order valence-electron chi connectivity index (χ3n) is 7.96. The second kappa shape index (κ2) is 12.8. The van der Waals surface area contributed by atoms with Crippen LogP contribution in [0.25, 0.3) is 0 Å². The Morgan fingerprint density at radius 1 is 1.03 bits per heavy atom. The maximum atomic E-state index is 13.6. The number of nitrogens with two attached hydrogens (primary N) is 1. The number of carbonyl (C=O) groups is 4. The molecular formula is C30H45N3O5. The van der Waals surface area contributed by atoms with Gasteiger partial charge in [0.2, 0.25) is 11.8 Å². The van der Waals surface area contributed by atoms with Gasteiger partial charge in [-0.05, 0) is 75.8 Å². The summed E-state index contributed by atoms with van der Waals surface area (Å²) in [6, 6.07) is 7.59. The van der Waals surface area contributed by atoms with Crippen LogP contribution in [0.15, 0.2) is 24.3 Å². The van der Waals surface area contributed by atoms with Crippen LogP contribution in [-0.2, 0) is 25.5 Å². The highest BCUT2D eigenvalue weighted by Crippen LogP contribution is 2.31. The number of hydrogen-bond acceptors (Lipinski definition) is 5. The molecule has 0 aliphatic carbocycles. The van der Waals surface area contributed by atoms with Crippen molar-refractivity contribution in [1.82, 2.24) is 9.80 Å². The monoisotopic (exact) mass is 527 g/mol. The van der Waals surface area contributed by atoms with E-state index in [2.05, 4.69) is 12.1 Å². The summed E-state index contributed by atoms with van der Waals surface area (Å²) in [6.45, 7) is 11.1. The number of rotatable bonds is 8. The first-order chi connectivity index (χ1) is 17.9. The van der Waals surface area contributed by atoms with Crippen LogP contribution in [0, 0.1) is 11.8 Å². The number of amides is 3. The molecule has 2 aliphatic rings. The molecule has 0 spiro atoms. The molecule has 8 nitrogen and oxygen atoms in total. The van der Waals surface area contributed by atoms with Gasteiger partial charge in [-0.2, -0.15) is 0 Å². The first kappa shape index (κ1) is 29.7. The minimum absolute atomic E-state index is 0.00105. The largest absolute Gasteiger partial charge is 0.444 e. The second-order valence-electron chi connectivity index (χ2n) is 11.9. The number of primary amides is 1. The molecule has 3 rings (SSSR count). The van der Waals surface area contributed by atoms with Crippen molar-refractivity contribution in [2.75, 3.05) is 19.6 Å². The molecule has 1 aromatic rings. The molecule has 2 heterocycles. The number of ketones is 1. The summed E-state index contributed by atoms with van der Waals surface area (Å²) >= 11 is 0. The Balaban J connectivity index is 1.67. The van der Waals surface area contributed by atoms with Crippen LogP contribution in [0.3, 0.4) is 0 Å². The second-order valence-corrected chi connectivity index (χ2v) is 11.9. The molecule has 2 N–H and O–H groups in total. The molecule has 0 bridgehead atoms. The Morgan fingerprint density at radius 2 is 1.66 bits per heavy atom. The van der Waals surface area contributed by atoms with Gasteiger partial charge in [-0.3, -0.25) is 19.3 Å². The van der Waals surface area contributed by atoms with E-state index in [1.54, 1.807) is 11.8 Å². The molecule has 1 aromatic carbocycles. The maximum absolute atomic E-state index is 13.6. The zero-order valence-electron chi connectivity index (χ0n) is 23.7. The van der Waals surface area contributed by atoms with Gasteiger partial charge in [0.1, 0.15) is 5.60 Å². The zero-order valence-corrected chi connectivity index (χ0v) is 23.7. The lowest BCUT2D eigenvalue weighted by atomic mass is 9.81. The average Bonchev–Trinajstić information content (AvgIpc) is 2.87. The summed E-state index contributed by atoms with van der Waals surface area (Å²) in [5.74, 6) is -0.715. The van der Waals surface area contributed by atoms with E-state index in [4.69, 9.17) is 10.5 Å². The van der Waals surface area contributed by atoms with Crippen LogP contribution < -0.4 is 5.73 Å². The van der Waals surface area contributed by atoms with Crippen LogP contribution in [0.4, 0.5) is 4.79 Å². The average molecular weight is 528 g/mol. The van der Waals surface area contributed by atoms with Crippen LogP contribution in [0.1, 0.15) is 90.2 Å². The summed E-state index contributed by atoms with van der Waals surface area (Å²) in [4.78, 5) is 54.0. The molecular weight excluding hydrogens is 482 g/mol. The van der Waals surface area contributed by atoms with Crippen molar-refractivity contribution in [1.29, 1.82) is 0 Å². The highest BCUT2D eigenvalue weighted by molar-refractivity contribution is 5.91. The topological polar surface area (TPSA) is 110 Å². The highest BCUT2D eigenvalue weighted by atomic mass is 16.6. The van der Waals surface area contributed by atoms with Gasteiger partial charge in [-0.25, -0.2) is 4.79 Å². The first-order valence-corrected chi connectivity index (χ1v) is 14.1. The Kier molecular flexibility index (Phi) is 9.96. The maximum Gasteiger partial charge on any atom is 0.410 e. The summed E-state index contributed by atoms with van der Waals surface area (Å²) in [5, 5.41) is 0. The lowest BCUT2D eigenvalue weighted by Crippen LogP contribution is -2.54. The van der Waals surface area contributed by atoms with Crippen LogP contribution in [0.2, 0.25) is 0 Å². The van der Waals surface area contributed by atoms with E-state index < -0.39 is 29.6 Å². The fraction of sp³-hybridized carbons (Fsp3) is 0.667. The summed E-state index contributed by atoms with van der Waals surface area (Å²) in [6.07, 6.45) is 4.22. The number of ether oxygens (including phenoxy) is 1. The van der Waals surface area contributed by atoms with E-state index in [1.165, 1.54) is 5.56 Å². The lowest BCUT2D eigenvalue weighted by Gasteiger charge is -2.41. The van der Waals surface area contributed by atoms with Crippen molar-refractivity contribution in [3.05, 3.63) is 35.4 Å². The number of nitrogens with zero attached hydrogens (tertiary/aromatic N) is 2. The number of piperidine rings is 2. The van der Waals surface area contributed by atoms with E-state index in [0.29, 0.717) is 18.9 Å². The van der Waals surface area contributed by atoms with Crippen molar-refractivity contribution < 1.29 is 23.9 Å². The standard InChI is InChI=1S/C30H45N3O5/c1-6-22-8-7-15-33(29(37)38-30(3,4)5)27(22)26(35)19-25(28(31)36)18-21-9-11-23(12-10-21)24-13-16-32(17-14-24)20(2)34/h9-12,22,24-25,27H,6-8,13-19H2,1-5H3,(H2,31,36)/t22-,25-,27+/m1/s1. The van der Waals surface area contributed by atoms with Gasteiger partial charge in [0, 0.05) is 38.9 Å². The molecule has 8 heteroatoms. The fourth-order valence-corrected chi connectivity index (χ4v) is 5.84. The fourth-order valence-electron chi connectivity index (χ4n) is 5.84. The Bertz CT molecular complexity index is 992. The van der Waals surface area contributed by atoms with Gasteiger partial charge < -0.3 is 15.4 Å². The number of carbonyl (C=O) groups excluding carboxylic acids is 4. The Hall–Kier alpha value is -2.90. The van der Waals surface area contributed by atoms with Crippen molar-refractivity contribution in [3.63, 3.8) is 0 Å². The molecule has 2 aliphatic heterocycles. The molecule has 2 saturated heterocycles. The van der Waals surface area contributed by atoms with Crippen molar-refractivity contribution >= 4 is 23.7 Å². The van der Waals surface area contributed by atoms with Crippen LogP contribution in [0.5, 0.6) is 0 Å². The minimum Gasteiger partial charge on any atom is -0.444 e. The molecule has 3 atom stereocenters. The number of Topliss-reactive ketones (excluding diaryl/α,β-unsaturated/α-hetero) is 1. The molecule has 0 unspecified atom stereocenters. The molecule has 0 aromatic heterocycles. The van der Waals surface area contributed by atoms with E-state index in [0.717, 1.165) is 50.8 Å². The van der Waals surface area contributed by atoms with Gasteiger partial charge in [-0.1, -0.05) is 37.6 Å². The van der Waals surface area contributed by atoms with Crippen LogP contribution in [-0.4, -0.2) is 64.8 Å². The lowest BCUT2D eigenvalue weighted by molar-refractivity contribution is -0.132. The van der Waals surface area contributed by atoms with Crippen molar-refractivity contribution in [2.45, 2.75) is 97.1 Å². The predicted molar refractivity (Wildman–Crippen MR) is 146 cm³/mol. The van der Waals surface area contributed by atoms with E-state index in [-0.39, 0.29) is 24.0 Å². The highest BCUT2D eigenvalue weighted by Gasteiger charge is 2.41. The molecule has 38 heavy (non-hydrogen) atoms. The Labute approximate surface area is 227 Å². The molecule has 210 valence electrons. The van der Waals surface area contributed by atoms with E-state index >= 15 is 0 Å². The third-order valence-corrected chi connectivity index (χ3v) is 7.96. The molecule has 3 amide bonds. The van der Waals surface area contributed by atoms with Gasteiger partial charge >= 0.3 is 6.09 Å². The quantitative estimate of drug-likeness (QED) is 0.537. The Morgan fingerprint density at radius 3 is 2.18 bits per heavy atom. The number of hydrogen-bond donors (Lipinski definition) is 1. The minimum atomic E-state index is -0.657. The summed E-state index contributed by atoms with van der Waals surface area (Å²) < 4.78 is 5.60. The predicted octanol–water partition coefficient (Wildman–Crippen LogP) is 4.44. The van der Waals surface area contributed by atoms with Crippen molar-refractivity contribution in [2.24, 2.45) is 17.6 Å². The summed E-state index contributed by atoms with van der Waals surface area (Å²) in [5.41, 5.74) is 7.28. The van der Waals surface area contributed by atoms with Gasteiger partial charge in [0.15, 0.2) is 5.78 Å². The first-order valence-electron chi connectivity index (χ1n) is 14.1. The van der Waals surface area contributed by atoms with Crippen molar-refractivity contribution in [3.8, 4) is 0 Å². The normalized spacial score (nSPS) is 21.6. The van der Waals surface area contributed by atoms with Gasteiger partial charge in [0.05, 0.1) is 6.04 Å². The van der Waals surface area contributed by atoms with Crippen LogP contribution >= 0.6 is 0 Å². The SMILES string of the molecule is CC[C@@H]1CCCN(C(=O)OC(C)(C)C)[C@@H]1C(=O)C[C@@H](Cc1ccc(C2CCN(C(C)=O)CC2)cc1)C(N)=O. The third kappa shape index (κ3) is 7.81. The molecule has 2 fully saturated rings. The smallest absolute Gasteiger partial charge is 0.410 e. The zero-order chi connectivity index (χ0) is 28.0. The van der Waals surface area contributed by atoms with Gasteiger partial charge in [-0.15, -0.1) is 0 Å². The summed E-state index contributed by atoms with van der Waals surface area (Å²) in [7, 11) is 0.